The summed E-state index contributed by atoms with van der Waals surface area (Å²) < 4.78 is 0. The van der Waals surface area contributed by atoms with Crippen LogP contribution in [0.5, 0.6) is 0 Å². The van der Waals surface area contributed by atoms with Crippen molar-refractivity contribution >= 4 is 11.6 Å². The number of nitrogens with two attached hydrogens (primary N) is 1. The second-order valence-corrected chi connectivity index (χ2v) is 5.54. The molecule has 0 heterocycles. The van der Waals surface area contributed by atoms with Gasteiger partial charge in [0.15, 0.2) is 0 Å². The zero-order chi connectivity index (χ0) is 12.3. The van der Waals surface area contributed by atoms with Crippen LogP contribution in [0.3, 0.4) is 0 Å². The number of hydrogen-bond donors (Lipinski definition) is 2. The van der Waals surface area contributed by atoms with Crippen LogP contribution in [0.25, 0.3) is 0 Å². The van der Waals surface area contributed by atoms with Crippen molar-refractivity contribution < 1.29 is 0 Å². The second kappa shape index (κ2) is 5.85. The molecule has 0 amide bonds. The molecule has 1 aromatic rings. The van der Waals surface area contributed by atoms with Gasteiger partial charge < -0.3 is 11.1 Å². The summed E-state index contributed by atoms with van der Waals surface area (Å²) in [5, 5.41) is 4.51. The van der Waals surface area contributed by atoms with Crippen molar-refractivity contribution in [1.29, 1.82) is 0 Å². The van der Waals surface area contributed by atoms with Gasteiger partial charge in [-0.15, -0.1) is 0 Å². The summed E-state index contributed by atoms with van der Waals surface area (Å²) in [5.41, 5.74) is 7.14. The van der Waals surface area contributed by atoms with Crippen molar-refractivity contribution in [2.45, 2.75) is 50.7 Å². The fourth-order valence-corrected chi connectivity index (χ4v) is 2.84. The summed E-state index contributed by atoms with van der Waals surface area (Å²) in [5.74, 6) is 0. The molecule has 3 N–H and O–H groups in total. The standard InChI is InChI=1S/C14H21ClN2/c1-10(17-13-7-6-12(16)9-13)8-11-4-2-3-5-14(11)15/h2-5,10,12-13,17H,6-9,16H2,1H3. The van der Waals surface area contributed by atoms with Gasteiger partial charge in [-0.1, -0.05) is 29.8 Å². The Hall–Kier alpha value is -0.570. The number of hydrogen-bond acceptors (Lipinski definition) is 2. The summed E-state index contributed by atoms with van der Waals surface area (Å²) in [6, 6.07) is 9.49. The first kappa shape index (κ1) is 12.9. The third-order valence-electron chi connectivity index (χ3n) is 3.48. The molecule has 1 saturated carbocycles. The van der Waals surface area contributed by atoms with Crippen LogP contribution in [0, 0.1) is 0 Å². The van der Waals surface area contributed by atoms with E-state index in [1.165, 1.54) is 12.0 Å². The van der Waals surface area contributed by atoms with Crippen molar-refractivity contribution in [3.05, 3.63) is 34.9 Å². The zero-order valence-corrected chi connectivity index (χ0v) is 11.1. The predicted molar refractivity (Wildman–Crippen MR) is 73.4 cm³/mol. The Morgan fingerprint density at radius 2 is 2.18 bits per heavy atom. The van der Waals surface area contributed by atoms with Gasteiger partial charge in [-0.3, -0.25) is 0 Å². The van der Waals surface area contributed by atoms with Crippen LogP contribution in [0.2, 0.25) is 5.02 Å². The smallest absolute Gasteiger partial charge is 0.0438 e. The molecule has 94 valence electrons. The Labute approximate surface area is 109 Å². The third kappa shape index (κ3) is 3.70. The van der Waals surface area contributed by atoms with Gasteiger partial charge in [-0.05, 0) is 44.2 Å². The maximum Gasteiger partial charge on any atom is 0.0438 e. The molecule has 1 aliphatic carbocycles. The molecule has 2 nitrogen and oxygen atoms in total. The van der Waals surface area contributed by atoms with E-state index in [4.69, 9.17) is 17.3 Å². The normalized spacial score (nSPS) is 26.1. The lowest BCUT2D eigenvalue weighted by molar-refractivity contribution is 0.444. The van der Waals surface area contributed by atoms with E-state index in [-0.39, 0.29) is 0 Å². The average molecular weight is 253 g/mol. The van der Waals surface area contributed by atoms with E-state index < -0.39 is 0 Å². The number of rotatable bonds is 4. The second-order valence-electron chi connectivity index (χ2n) is 5.13. The minimum atomic E-state index is 0.389. The highest BCUT2D eigenvalue weighted by atomic mass is 35.5. The number of benzene rings is 1. The van der Waals surface area contributed by atoms with Gasteiger partial charge in [-0.2, -0.15) is 0 Å². The lowest BCUT2D eigenvalue weighted by Gasteiger charge is -2.20. The predicted octanol–water partition coefficient (Wildman–Crippen LogP) is 2.74. The van der Waals surface area contributed by atoms with Crippen LogP contribution >= 0.6 is 11.6 Å². The molecule has 0 radical (unpaired) electrons. The maximum absolute atomic E-state index is 6.16. The molecular formula is C14H21ClN2. The van der Waals surface area contributed by atoms with Crippen molar-refractivity contribution in [3.63, 3.8) is 0 Å². The molecule has 0 saturated heterocycles. The largest absolute Gasteiger partial charge is 0.328 e. The van der Waals surface area contributed by atoms with E-state index >= 15 is 0 Å². The molecule has 3 unspecified atom stereocenters. The van der Waals surface area contributed by atoms with E-state index in [2.05, 4.69) is 18.3 Å². The number of halogens is 1. The zero-order valence-electron chi connectivity index (χ0n) is 10.3. The molecule has 1 aliphatic rings. The molecule has 2 rings (SSSR count). The van der Waals surface area contributed by atoms with Crippen molar-refractivity contribution in [2.75, 3.05) is 0 Å². The Morgan fingerprint density at radius 3 is 2.82 bits per heavy atom. The molecule has 17 heavy (non-hydrogen) atoms. The summed E-state index contributed by atoms with van der Waals surface area (Å²) in [4.78, 5) is 0. The van der Waals surface area contributed by atoms with E-state index in [1.807, 2.05) is 18.2 Å². The van der Waals surface area contributed by atoms with Gasteiger partial charge in [0.25, 0.3) is 0 Å². The maximum atomic E-state index is 6.16. The van der Waals surface area contributed by atoms with Crippen molar-refractivity contribution in [2.24, 2.45) is 5.73 Å². The molecule has 3 heteroatoms. The molecule has 1 aromatic carbocycles. The molecule has 0 spiro atoms. The third-order valence-corrected chi connectivity index (χ3v) is 3.85. The molecule has 0 aromatic heterocycles. The summed E-state index contributed by atoms with van der Waals surface area (Å²) in [6.45, 7) is 2.22. The first-order valence-electron chi connectivity index (χ1n) is 6.40. The fourth-order valence-electron chi connectivity index (χ4n) is 2.62. The lowest BCUT2D eigenvalue weighted by atomic mass is 10.1. The SMILES string of the molecule is CC(Cc1ccccc1Cl)NC1CCC(N)C1. The van der Waals surface area contributed by atoms with Crippen molar-refractivity contribution in [3.8, 4) is 0 Å². The van der Waals surface area contributed by atoms with Gasteiger partial charge in [0, 0.05) is 23.1 Å². The van der Waals surface area contributed by atoms with E-state index in [0.717, 1.165) is 24.3 Å². The fraction of sp³-hybridized carbons (Fsp3) is 0.571. The monoisotopic (exact) mass is 252 g/mol. The van der Waals surface area contributed by atoms with Crippen LogP contribution in [0.1, 0.15) is 31.7 Å². The highest BCUT2D eigenvalue weighted by Crippen LogP contribution is 2.20. The summed E-state index contributed by atoms with van der Waals surface area (Å²) >= 11 is 6.16. The van der Waals surface area contributed by atoms with Gasteiger partial charge in [0.05, 0.1) is 0 Å². The molecule has 3 atom stereocenters. The minimum absolute atomic E-state index is 0.389. The van der Waals surface area contributed by atoms with Crippen LogP contribution in [0.15, 0.2) is 24.3 Å². The topological polar surface area (TPSA) is 38.0 Å². The van der Waals surface area contributed by atoms with Crippen LogP contribution in [0.4, 0.5) is 0 Å². The Kier molecular flexibility index (Phi) is 4.43. The van der Waals surface area contributed by atoms with Crippen LogP contribution < -0.4 is 11.1 Å². The first-order valence-corrected chi connectivity index (χ1v) is 6.78. The summed E-state index contributed by atoms with van der Waals surface area (Å²) in [6.07, 6.45) is 4.43. The first-order chi connectivity index (χ1) is 8.15. The quantitative estimate of drug-likeness (QED) is 0.865. The van der Waals surface area contributed by atoms with Crippen LogP contribution in [-0.4, -0.2) is 18.1 Å². The van der Waals surface area contributed by atoms with Crippen molar-refractivity contribution in [1.82, 2.24) is 5.32 Å². The molecule has 1 fully saturated rings. The Balaban J connectivity index is 1.85. The number of nitrogens with one attached hydrogen (secondary N) is 1. The molecule has 0 aliphatic heterocycles. The van der Waals surface area contributed by atoms with E-state index in [1.54, 1.807) is 0 Å². The van der Waals surface area contributed by atoms with E-state index in [9.17, 15) is 0 Å². The lowest BCUT2D eigenvalue weighted by Crippen LogP contribution is -2.37. The Bertz CT molecular complexity index is 367. The minimum Gasteiger partial charge on any atom is -0.328 e. The highest BCUT2D eigenvalue weighted by Gasteiger charge is 2.22. The summed E-state index contributed by atoms with van der Waals surface area (Å²) in [7, 11) is 0. The van der Waals surface area contributed by atoms with Crippen LogP contribution in [-0.2, 0) is 6.42 Å². The van der Waals surface area contributed by atoms with Gasteiger partial charge in [0.1, 0.15) is 0 Å². The van der Waals surface area contributed by atoms with Gasteiger partial charge in [-0.25, -0.2) is 0 Å². The van der Waals surface area contributed by atoms with E-state index in [0.29, 0.717) is 18.1 Å². The average Bonchev–Trinajstić information content (AvgIpc) is 2.67. The van der Waals surface area contributed by atoms with Gasteiger partial charge >= 0.3 is 0 Å². The molecular weight excluding hydrogens is 232 g/mol. The van der Waals surface area contributed by atoms with Gasteiger partial charge in [0.2, 0.25) is 0 Å². The highest BCUT2D eigenvalue weighted by molar-refractivity contribution is 6.31. The Morgan fingerprint density at radius 1 is 1.41 bits per heavy atom. The molecule has 0 bridgehead atoms.